The first-order valence-corrected chi connectivity index (χ1v) is 8.02. The van der Waals surface area contributed by atoms with Crippen LogP contribution >= 0.6 is 0 Å². The standard InChI is InChI=1S/C19H22FN3O2/c1-23(2)18(24)13-15-5-9-17(10-6-15)22-19(25)21-12-11-14-3-7-16(20)8-4-14/h3-10H,11-13H2,1-2H3,(H2,21,22,25). The van der Waals surface area contributed by atoms with Crippen LogP contribution in [0.15, 0.2) is 48.5 Å². The third-order valence-electron chi connectivity index (χ3n) is 3.68. The zero-order valence-electron chi connectivity index (χ0n) is 14.4. The minimum absolute atomic E-state index is 0.0271. The summed E-state index contributed by atoms with van der Waals surface area (Å²) in [7, 11) is 3.43. The molecular formula is C19H22FN3O2. The van der Waals surface area contributed by atoms with Gasteiger partial charge in [0.2, 0.25) is 5.91 Å². The fourth-order valence-electron chi connectivity index (χ4n) is 2.19. The molecule has 0 atom stereocenters. The molecular weight excluding hydrogens is 321 g/mol. The molecule has 0 saturated heterocycles. The van der Waals surface area contributed by atoms with Crippen LogP contribution in [0.4, 0.5) is 14.9 Å². The SMILES string of the molecule is CN(C)C(=O)Cc1ccc(NC(=O)NCCc2ccc(F)cc2)cc1. The Hall–Kier alpha value is -2.89. The van der Waals surface area contributed by atoms with Gasteiger partial charge < -0.3 is 15.5 Å². The molecule has 0 heterocycles. The third-order valence-corrected chi connectivity index (χ3v) is 3.68. The lowest BCUT2D eigenvalue weighted by molar-refractivity contribution is -0.127. The summed E-state index contributed by atoms with van der Waals surface area (Å²) in [5, 5.41) is 5.49. The summed E-state index contributed by atoms with van der Waals surface area (Å²) in [6.07, 6.45) is 0.955. The molecule has 0 aliphatic heterocycles. The van der Waals surface area contributed by atoms with Crippen molar-refractivity contribution in [1.29, 1.82) is 0 Å². The molecule has 2 rings (SSSR count). The van der Waals surface area contributed by atoms with E-state index in [9.17, 15) is 14.0 Å². The van der Waals surface area contributed by atoms with Gasteiger partial charge in [-0.2, -0.15) is 0 Å². The Morgan fingerprint density at radius 2 is 1.56 bits per heavy atom. The van der Waals surface area contributed by atoms with E-state index in [0.29, 0.717) is 25.1 Å². The highest BCUT2D eigenvalue weighted by Gasteiger charge is 2.06. The van der Waals surface area contributed by atoms with E-state index in [4.69, 9.17) is 0 Å². The number of carbonyl (C=O) groups is 2. The van der Waals surface area contributed by atoms with E-state index in [1.165, 1.54) is 12.1 Å². The Morgan fingerprint density at radius 1 is 0.960 bits per heavy atom. The molecule has 0 bridgehead atoms. The number of anilines is 1. The van der Waals surface area contributed by atoms with E-state index in [-0.39, 0.29) is 17.8 Å². The van der Waals surface area contributed by atoms with Gasteiger partial charge in [-0.25, -0.2) is 9.18 Å². The first kappa shape index (κ1) is 18.4. The van der Waals surface area contributed by atoms with Crippen molar-refractivity contribution in [3.8, 4) is 0 Å². The molecule has 0 unspecified atom stereocenters. The molecule has 5 nitrogen and oxygen atoms in total. The minimum Gasteiger partial charge on any atom is -0.349 e. The first-order valence-electron chi connectivity index (χ1n) is 8.02. The number of nitrogens with zero attached hydrogens (tertiary/aromatic N) is 1. The van der Waals surface area contributed by atoms with E-state index in [0.717, 1.165) is 11.1 Å². The number of carbonyl (C=O) groups excluding carboxylic acids is 2. The van der Waals surface area contributed by atoms with Crippen molar-refractivity contribution in [1.82, 2.24) is 10.2 Å². The largest absolute Gasteiger partial charge is 0.349 e. The van der Waals surface area contributed by atoms with Gasteiger partial charge in [-0.15, -0.1) is 0 Å². The maximum absolute atomic E-state index is 12.8. The van der Waals surface area contributed by atoms with Gasteiger partial charge in [0.05, 0.1) is 6.42 Å². The maximum atomic E-state index is 12.8. The van der Waals surface area contributed by atoms with Crippen LogP contribution in [0.25, 0.3) is 0 Å². The number of urea groups is 1. The molecule has 0 spiro atoms. The van der Waals surface area contributed by atoms with Gasteiger partial charge in [0.1, 0.15) is 5.82 Å². The lowest BCUT2D eigenvalue weighted by atomic mass is 10.1. The fraction of sp³-hybridized carbons (Fsp3) is 0.263. The second-order valence-electron chi connectivity index (χ2n) is 5.92. The Kier molecular flexibility index (Phi) is 6.51. The van der Waals surface area contributed by atoms with E-state index in [1.807, 2.05) is 12.1 Å². The number of nitrogens with one attached hydrogen (secondary N) is 2. The first-order chi connectivity index (χ1) is 11.9. The highest BCUT2D eigenvalue weighted by molar-refractivity contribution is 5.89. The third kappa shape index (κ3) is 6.25. The van der Waals surface area contributed by atoms with Crippen LogP contribution < -0.4 is 10.6 Å². The number of hydrogen-bond acceptors (Lipinski definition) is 2. The van der Waals surface area contributed by atoms with Crippen molar-refractivity contribution in [3.63, 3.8) is 0 Å². The number of likely N-dealkylation sites (N-methyl/N-ethyl adjacent to an activating group) is 1. The summed E-state index contributed by atoms with van der Waals surface area (Å²) in [4.78, 5) is 25.1. The smallest absolute Gasteiger partial charge is 0.319 e. The summed E-state index contributed by atoms with van der Waals surface area (Å²) in [5.41, 5.74) is 2.50. The topological polar surface area (TPSA) is 61.4 Å². The highest BCUT2D eigenvalue weighted by Crippen LogP contribution is 2.10. The summed E-state index contributed by atoms with van der Waals surface area (Å²) in [6.45, 7) is 0.451. The van der Waals surface area contributed by atoms with Crippen LogP contribution in [-0.2, 0) is 17.6 Å². The second kappa shape index (κ2) is 8.82. The second-order valence-corrected chi connectivity index (χ2v) is 5.92. The molecule has 2 N–H and O–H groups in total. The van der Waals surface area contributed by atoms with Crippen LogP contribution in [0.2, 0.25) is 0 Å². The van der Waals surface area contributed by atoms with Crippen LogP contribution in [-0.4, -0.2) is 37.5 Å². The molecule has 0 radical (unpaired) electrons. The average Bonchev–Trinajstić information content (AvgIpc) is 2.58. The van der Waals surface area contributed by atoms with E-state index in [1.54, 1.807) is 43.3 Å². The monoisotopic (exact) mass is 343 g/mol. The van der Waals surface area contributed by atoms with Gasteiger partial charge >= 0.3 is 6.03 Å². The van der Waals surface area contributed by atoms with Crippen molar-refractivity contribution in [2.24, 2.45) is 0 Å². The van der Waals surface area contributed by atoms with Gasteiger partial charge in [-0.3, -0.25) is 4.79 Å². The summed E-state index contributed by atoms with van der Waals surface area (Å²) >= 11 is 0. The molecule has 0 aliphatic carbocycles. The Balaban J connectivity index is 1.76. The van der Waals surface area contributed by atoms with Crippen molar-refractivity contribution in [3.05, 3.63) is 65.5 Å². The number of halogens is 1. The molecule has 25 heavy (non-hydrogen) atoms. The predicted octanol–water partition coefficient (Wildman–Crippen LogP) is 2.82. The number of benzene rings is 2. The van der Waals surface area contributed by atoms with Crippen molar-refractivity contribution < 1.29 is 14.0 Å². The van der Waals surface area contributed by atoms with E-state index < -0.39 is 0 Å². The molecule has 132 valence electrons. The summed E-state index contributed by atoms with van der Waals surface area (Å²) in [5.74, 6) is -0.246. The van der Waals surface area contributed by atoms with E-state index in [2.05, 4.69) is 10.6 Å². The Morgan fingerprint density at radius 3 is 2.16 bits per heavy atom. The van der Waals surface area contributed by atoms with Crippen LogP contribution in [0.3, 0.4) is 0 Å². The van der Waals surface area contributed by atoms with Crippen LogP contribution in [0.1, 0.15) is 11.1 Å². The molecule has 3 amide bonds. The number of amides is 3. The van der Waals surface area contributed by atoms with E-state index >= 15 is 0 Å². The lowest BCUT2D eigenvalue weighted by Gasteiger charge is -2.11. The number of hydrogen-bond donors (Lipinski definition) is 2. The summed E-state index contributed by atoms with van der Waals surface area (Å²) < 4.78 is 12.8. The predicted molar refractivity (Wildman–Crippen MR) is 96.0 cm³/mol. The minimum atomic E-state index is -0.306. The quantitative estimate of drug-likeness (QED) is 0.847. The van der Waals surface area contributed by atoms with Gasteiger partial charge in [-0.1, -0.05) is 24.3 Å². The maximum Gasteiger partial charge on any atom is 0.319 e. The molecule has 0 fully saturated rings. The van der Waals surface area contributed by atoms with Crippen molar-refractivity contribution >= 4 is 17.6 Å². The number of rotatable bonds is 6. The lowest BCUT2D eigenvalue weighted by Crippen LogP contribution is -2.30. The summed E-state index contributed by atoms with van der Waals surface area (Å²) in [6, 6.07) is 13.0. The van der Waals surface area contributed by atoms with Gasteiger partial charge in [-0.05, 0) is 41.8 Å². The molecule has 0 saturated carbocycles. The van der Waals surface area contributed by atoms with Gasteiger partial charge in [0, 0.05) is 26.3 Å². The molecule has 0 aromatic heterocycles. The zero-order chi connectivity index (χ0) is 18.2. The Labute approximate surface area is 146 Å². The average molecular weight is 343 g/mol. The Bertz CT molecular complexity index is 712. The van der Waals surface area contributed by atoms with Crippen LogP contribution in [0, 0.1) is 5.82 Å². The van der Waals surface area contributed by atoms with Crippen molar-refractivity contribution in [2.45, 2.75) is 12.8 Å². The molecule has 2 aromatic carbocycles. The fourth-order valence-corrected chi connectivity index (χ4v) is 2.19. The van der Waals surface area contributed by atoms with Crippen molar-refractivity contribution in [2.75, 3.05) is 26.0 Å². The normalized spacial score (nSPS) is 10.2. The molecule has 0 aliphatic rings. The van der Waals surface area contributed by atoms with Gasteiger partial charge in [0.15, 0.2) is 0 Å². The molecule has 2 aromatic rings. The molecule has 6 heteroatoms. The van der Waals surface area contributed by atoms with Gasteiger partial charge in [0.25, 0.3) is 0 Å². The zero-order valence-corrected chi connectivity index (χ0v) is 14.4. The van der Waals surface area contributed by atoms with Crippen LogP contribution in [0.5, 0.6) is 0 Å². The highest BCUT2D eigenvalue weighted by atomic mass is 19.1.